The van der Waals surface area contributed by atoms with Gasteiger partial charge >= 0.3 is 0 Å². The number of rotatable bonds is 8. The van der Waals surface area contributed by atoms with Crippen molar-refractivity contribution in [1.82, 2.24) is 9.78 Å². The molecule has 0 spiro atoms. The molecule has 0 aliphatic carbocycles. The zero-order chi connectivity index (χ0) is 14.3. The van der Waals surface area contributed by atoms with E-state index >= 15 is 0 Å². The predicted octanol–water partition coefficient (Wildman–Crippen LogP) is 0.487. The molecule has 1 N–H and O–H groups in total. The number of nitrogens with zero attached hydrogens (tertiary/aromatic N) is 3. The fourth-order valence-corrected chi connectivity index (χ4v) is 1.75. The number of likely N-dealkylation sites (N-methyl/N-ethyl adjacent to an activating group) is 1. The summed E-state index contributed by atoms with van der Waals surface area (Å²) in [5, 5.41) is 13.8. The van der Waals surface area contributed by atoms with E-state index in [1.165, 1.54) is 10.7 Å². The number of aliphatic hydroxyl groups is 1. The summed E-state index contributed by atoms with van der Waals surface area (Å²) >= 11 is 0. The van der Waals surface area contributed by atoms with E-state index in [0.29, 0.717) is 19.6 Å². The monoisotopic (exact) mass is 269 g/mol. The van der Waals surface area contributed by atoms with Crippen molar-refractivity contribution >= 4 is 5.69 Å². The maximum Gasteiger partial charge on any atom is 0.268 e. The van der Waals surface area contributed by atoms with Crippen LogP contribution in [0.2, 0.25) is 0 Å². The van der Waals surface area contributed by atoms with Gasteiger partial charge in [0.05, 0.1) is 31.1 Å². The second-order valence-electron chi connectivity index (χ2n) is 4.59. The third kappa shape index (κ3) is 5.00. The van der Waals surface area contributed by atoms with Crippen LogP contribution in [0.15, 0.2) is 17.1 Å². The highest BCUT2D eigenvalue weighted by molar-refractivity contribution is 5.41. The van der Waals surface area contributed by atoms with Gasteiger partial charge in [-0.3, -0.25) is 4.79 Å². The molecule has 0 radical (unpaired) electrons. The third-order valence-corrected chi connectivity index (χ3v) is 2.93. The lowest BCUT2D eigenvalue weighted by Crippen LogP contribution is -2.30. The van der Waals surface area contributed by atoms with Crippen LogP contribution in [-0.2, 0) is 11.3 Å². The summed E-state index contributed by atoms with van der Waals surface area (Å²) in [5.41, 5.74) is 0.556. The summed E-state index contributed by atoms with van der Waals surface area (Å²) in [5.74, 6) is 0. The van der Waals surface area contributed by atoms with Gasteiger partial charge in [-0.15, -0.1) is 0 Å². The van der Waals surface area contributed by atoms with E-state index in [4.69, 9.17) is 4.74 Å². The normalized spacial score (nSPS) is 12.4. The smallest absolute Gasteiger partial charge is 0.268 e. The first-order chi connectivity index (χ1) is 9.08. The van der Waals surface area contributed by atoms with E-state index in [1.54, 1.807) is 13.3 Å². The summed E-state index contributed by atoms with van der Waals surface area (Å²) in [6.45, 7) is 3.52. The molecule has 0 aliphatic rings. The van der Waals surface area contributed by atoms with Crippen LogP contribution >= 0.6 is 0 Å². The lowest BCUT2D eigenvalue weighted by molar-refractivity contribution is 0.137. The predicted molar refractivity (Wildman–Crippen MR) is 74.6 cm³/mol. The molecular formula is C13H23N3O3. The van der Waals surface area contributed by atoms with Crippen LogP contribution in [0.4, 0.5) is 5.69 Å². The summed E-state index contributed by atoms with van der Waals surface area (Å²) in [6, 6.07) is 1.53. The molecule has 0 aromatic carbocycles. The molecule has 6 heteroatoms. The Morgan fingerprint density at radius 2 is 2.32 bits per heavy atom. The molecule has 108 valence electrons. The highest BCUT2D eigenvalue weighted by Gasteiger charge is 2.08. The number of hydrogen-bond acceptors (Lipinski definition) is 5. The third-order valence-electron chi connectivity index (χ3n) is 2.93. The molecule has 0 fully saturated rings. The van der Waals surface area contributed by atoms with Gasteiger partial charge in [0.15, 0.2) is 0 Å². The van der Waals surface area contributed by atoms with Crippen LogP contribution in [0.25, 0.3) is 0 Å². The van der Waals surface area contributed by atoms with E-state index in [1.807, 2.05) is 18.9 Å². The topological polar surface area (TPSA) is 67.6 Å². The Kier molecular flexibility index (Phi) is 6.52. The minimum Gasteiger partial charge on any atom is -0.391 e. The van der Waals surface area contributed by atoms with Crippen LogP contribution < -0.4 is 10.5 Å². The molecule has 0 saturated carbocycles. The number of aromatic nitrogens is 2. The quantitative estimate of drug-likeness (QED) is 0.744. The van der Waals surface area contributed by atoms with Crippen LogP contribution in [0.3, 0.4) is 0 Å². The summed E-state index contributed by atoms with van der Waals surface area (Å²) in [4.78, 5) is 13.8. The molecule has 1 heterocycles. The highest BCUT2D eigenvalue weighted by atomic mass is 16.5. The fraction of sp³-hybridized carbons (Fsp3) is 0.692. The van der Waals surface area contributed by atoms with Gasteiger partial charge in [0.2, 0.25) is 0 Å². The Morgan fingerprint density at radius 3 is 2.89 bits per heavy atom. The van der Waals surface area contributed by atoms with Gasteiger partial charge in [-0.2, -0.15) is 5.10 Å². The van der Waals surface area contributed by atoms with Gasteiger partial charge in [-0.25, -0.2) is 4.68 Å². The van der Waals surface area contributed by atoms with Crippen molar-refractivity contribution in [3.63, 3.8) is 0 Å². The Morgan fingerprint density at radius 1 is 1.58 bits per heavy atom. The summed E-state index contributed by atoms with van der Waals surface area (Å²) in [6.07, 6.45) is 2.67. The molecule has 0 bridgehead atoms. The van der Waals surface area contributed by atoms with Crippen molar-refractivity contribution in [3.8, 4) is 0 Å². The molecule has 6 nitrogen and oxygen atoms in total. The first kappa shape index (κ1) is 15.7. The van der Waals surface area contributed by atoms with Crippen LogP contribution in [0.1, 0.15) is 19.8 Å². The molecule has 1 unspecified atom stereocenters. The lowest BCUT2D eigenvalue weighted by atomic mass is 10.2. The van der Waals surface area contributed by atoms with Crippen molar-refractivity contribution in [2.75, 3.05) is 32.2 Å². The number of hydrogen-bond donors (Lipinski definition) is 1. The second-order valence-corrected chi connectivity index (χ2v) is 4.59. The largest absolute Gasteiger partial charge is 0.391 e. The molecule has 1 atom stereocenters. The summed E-state index contributed by atoms with van der Waals surface area (Å²) < 4.78 is 6.29. The van der Waals surface area contributed by atoms with Crippen molar-refractivity contribution < 1.29 is 9.84 Å². The Hall–Kier alpha value is -1.40. The maximum absolute atomic E-state index is 11.9. The standard InChI is InChI=1S/C13H23N3O3/c1-4-5-12(17)10-16-13(18)8-11(9-14-16)15(2)6-7-19-3/h8-9,12,17H,4-7,10H2,1-3H3. The maximum atomic E-state index is 11.9. The number of aliphatic hydroxyl groups excluding tert-OH is 1. The van der Waals surface area contributed by atoms with Crippen molar-refractivity contribution in [2.24, 2.45) is 0 Å². The van der Waals surface area contributed by atoms with Gasteiger partial charge in [-0.05, 0) is 6.42 Å². The minimum absolute atomic E-state index is 0.197. The first-order valence-electron chi connectivity index (χ1n) is 6.53. The Bertz CT molecular complexity index is 433. The molecule has 0 saturated heterocycles. The van der Waals surface area contributed by atoms with E-state index in [0.717, 1.165) is 12.1 Å². The molecule has 19 heavy (non-hydrogen) atoms. The van der Waals surface area contributed by atoms with E-state index < -0.39 is 6.10 Å². The number of ether oxygens (including phenoxy) is 1. The van der Waals surface area contributed by atoms with Crippen molar-refractivity contribution in [3.05, 3.63) is 22.6 Å². The molecule has 0 amide bonds. The van der Waals surface area contributed by atoms with Gasteiger partial charge in [0.25, 0.3) is 5.56 Å². The van der Waals surface area contributed by atoms with E-state index in [9.17, 15) is 9.90 Å². The first-order valence-corrected chi connectivity index (χ1v) is 6.53. The minimum atomic E-state index is -0.521. The molecule has 0 aliphatic heterocycles. The van der Waals surface area contributed by atoms with Crippen molar-refractivity contribution in [2.45, 2.75) is 32.4 Å². The summed E-state index contributed by atoms with van der Waals surface area (Å²) in [7, 11) is 3.52. The second kappa shape index (κ2) is 7.91. The Balaban J connectivity index is 2.71. The molecule has 1 rings (SSSR count). The van der Waals surface area contributed by atoms with E-state index in [2.05, 4.69) is 5.10 Å². The zero-order valence-electron chi connectivity index (χ0n) is 11.9. The average molecular weight is 269 g/mol. The van der Waals surface area contributed by atoms with Crippen LogP contribution in [0, 0.1) is 0 Å². The molecule has 1 aromatic heterocycles. The van der Waals surface area contributed by atoms with Crippen molar-refractivity contribution in [1.29, 1.82) is 0 Å². The van der Waals surface area contributed by atoms with Gasteiger partial charge in [0, 0.05) is 26.8 Å². The molecular weight excluding hydrogens is 246 g/mol. The SMILES string of the molecule is CCCC(O)Cn1ncc(N(C)CCOC)cc1=O. The highest BCUT2D eigenvalue weighted by Crippen LogP contribution is 2.06. The van der Waals surface area contributed by atoms with Gasteiger partial charge in [0.1, 0.15) is 0 Å². The van der Waals surface area contributed by atoms with Crippen LogP contribution in [0.5, 0.6) is 0 Å². The average Bonchev–Trinajstić information content (AvgIpc) is 2.38. The van der Waals surface area contributed by atoms with Gasteiger partial charge in [-0.1, -0.05) is 13.3 Å². The van der Waals surface area contributed by atoms with E-state index in [-0.39, 0.29) is 12.1 Å². The molecule has 1 aromatic rings. The lowest BCUT2D eigenvalue weighted by Gasteiger charge is -2.18. The number of methoxy groups -OCH3 is 1. The zero-order valence-corrected chi connectivity index (χ0v) is 11.9. The number of anilines is 1. The fourth-order valence-electron chi connectivity index (χ4n) is 1.75. The Labute approximate surface area is 113 Å². The van der Waals surface area contributed by atoms with Crippen LogP contribution in [-0.4, -0.2) is 48.3 Å². The van der Waals surface area contributed by atoms with Gasteiger partial charge < -0.3 is 14.7 Å².